The molecule has 0 N–H and O–H groups in total. The zero-order valence-electron chi connectivity index (χ0n) is 7.79. The molecule has 0 saturated heterocycles. The molecule has 0 aliphatic rings. The predicted molar refractivity (Wildman–Crippen MR) is 55.6 cm³/mol. The Morgan fingerprint density at radius 2 is 1.92 bits per heavy atom. The van der Waals surface area contributed by atoms with Crippen molar-refractivity contribution >= 4 is 20.9 Å². The van der Waals surface area contributed by atoms with Crippen LogP contribution in [0.5, 0.6) is 0 Å². The van der Waals surface area contributed by atoms with Crippen LogP contribution in [0.25, 0.3) is 0 Å². The molecule has 1 unspecified atom stereocenters. The first-order valence-corrected chi connectivity index (χ1v) is 7.47. The summed E-state index contributed by atoms with van der Waals surface area (Å²) in [6.45, 7) is 4.67. The molecular weight excluding hydrogens is 260 g/mol. The van der Waals surface area contributed by atoms with Gasteiger partial charge in [-0.2, -0.15) is 0 Å². The Labute approximate surface area is 85.5 Å². The van der Waals surface area contributed by atoms with Crippen molar-refractivity contribution in [3.63, 3.8) is 0 Å². The molecular formula is C11H16Te. The van der Waals surface area contributed by atoms with Crippen LogP contribution in [-0.2, 0) is 4.47 Å². The van der Waals surface area contributed by atoms with E-state index in [0.29, 0.717) is 0 Å². The number of hydrogen-bond donors (Lipinski definition) is 0. The zero-order chi connectivity index (χ0) is 8.81. The average Bonchev–Trinajstić information content (AvgIpc) is 2.16. The van der Waals surface area contributed by atoms with E-state index in [1.807, 2.05) is 0 Å². The van der Waals surface area contributed by atoms with E-state index in [1.165, 1.54) is 16.5 Å². The summed E-state index contributed by atoms with van der Waals surface area (Å²) >= 11 is 0.213. The Balaban J connectivity index is 2.33. The van der Waals surface area contributed by atoms with Gasteiger partial charge in [0.05, 0.1) is 0 Å². The van der Waals surface area contributed by atoms with Crippen LogP contribution in [0.3, 0.4) is 0 Å². The van der Waals surface area contributed by atoms with E-state index in [0.717, 1.165) is 3.97 Å². The monoisotopic (exact) mass is 278 g/mol. The minimum absolute atomic E-state index is 0.213. The quantitative estimate of drug-likeness (QED) is 0.741. The standard InChI is InChI=1S/C11H16Te/c1-3-10(2)12-9-11-7-5-4-6-8-11/h4-8,10H,3,9H2,1-2H3. The van der Waals surface area contributed by atoms with Gasteiger partial charge in [-0.05, 0) is 0 Å². The number of rotatable bonds is 4. The molecule has 0 fully saturated rings. The molecule has 0 aliphatic heterocycles. The summed E-state index contributed by atoms with van der Waals surface area (Å²) in [7, 11) is 0. The van der Waals surface area contributed by atoms with Gasteiger partial charge in [0.25, 0.3) is 0 Å². The second-order valence-electron chi connectivity index (χ2n) is 3.02. The first-order valence-electron chi connectivity index (χ1n) is 4.48. The molecule has 0 spiro atoms. The molecule has 0 nitrogen and oxygen atoms in total. The molecule has 1 rings (SSSR count). The van der Waals surface area contributed by atoms with Gasteiger partial charge in [-0.25, -0.2) is 0 Å². The Hall–Kier alpha value is 0.00961. The molecule has 1 aromatic carbocycles. The molecule has 0 radical (unpaired) electrons. The van der Waals surface area contributed by atoms with Crippen LogP contribution < -0.4 is 0 Å². The topological polar surface area (TPSA) is 0 Å². The van der Waals surface area contributed by atoms with Crippen molar-refractivity contribution in [2.45, 2.75) is 28.7 Å². The van der Waals surface area contributed by atoms with E-state index in [1.54, 1.807) is 0 Å². The fourth-order valence-corrected chi connectivity index (χ4v) is 3.51. The van der Waals surface area contributed by atoms with Crippen molar-refractivity contribution in [3.8, 4) is 0 Å². The molecule has 0 aliphatic carbocycles. The molecule has 1 aromatic rings. The summed E-state index contributed by atoms with van der Waals surface area (Å²) < 4.78 is 2.36. The number of benzene rings is 1. The Morgan fingerprint density at radius 1 is 1.25 bits per heavy atom. The molecule has 12 heavy (non-hydrogen) atoms. The molecule has 0 aromatic heterocycles. The summed E-state index contributed by atoms with van der Waals surface area (Å²) in [5, 5.41) is 0. The van der Waals surface area contributed by atoms with Gasteiger partial charge in [0, 0.05) is 0 Å². The van der Waals surface area contributed by atoms with Gasteiger partial charge in [-0.15, -0.1) is 0 Å². The zero-order valence-corrected chi connectivity index (χ0v) is 10.1. The van der Waals surface area contributed by atoms with Gasteiger partial charge in [-0.3, -0.25) is 0 Å². The molecule has 0 bridgehead atoms. The van der Waals surface area contributed by atoms with Crippen LogP contribution >= 0.6 is 0 Å². The summed E-state index contributed by atoms with van der Waals surface area (Å²) in [5.74, 6) is 0. The Morgan fingerprint density at radius 3 is 2.50 bits per heavy atom. The average molecular weight is 276 g/mol. The predicted octanol–water partition coefficient (Wildman–Crippen LogP) is 3.11. The fraction of sp³-hybridized carbons (Fsp3) is 0.455. The Bertz CT molecular complexity index is 206. The first-order chi connectivity index (χ1) is 5.83. The molecule has 0 heterocycles. The summed E-state index contributed by atoms with van der Waals surface area (Å²) in [6.07, 6.45) is 1.36. The van der Waals surface area contributed by atoms with E-state index in [9.17, 15) is 0 Å². The maximum absolute atomic E-state index is 2.38. The molecule has 1 heteroatoms. The first kappa shape index (κ1) is 10.1. The van der Waals surface area contributed by atoms with Crippen molar-refractivity contribution in [1.29, 1.82) is 0 Å². The van der Waals surface area contributed by atoms with Crippen LogP contribution in [0.2, 0.25) is 3.97 Å². The molecule has 1 atom stereocenters. The fourth-order valence-electron chi connectivity index (χ4n) is 0.931. The van der Waals surface area contributed by atoms with Crippen molar-refractivity contribution in [1.82, 2.24) is 0 Å². The van der Waals surface area contributed by atoms with Gasteiger partial charge < -0.3 is 0 Å². The van der Waals surface area contributed by atoms with E-state index >= 15 is 0 Å². The van der Waals surface area contributed by atoms with E-state index in [2.05, 4.69) is 44.2 Å². The van der Waals surface area contributed by atoms with Gasteiger partial charge in [0.15, 0.2) is 0 Å². The van der Waals surface area contributed by atoms with Crippen molar-refractivity contribution in [2.24, 2.45) is 0 Å². The number of hydrogen-bond acceptors (Lipinski definition) is 0. The van der Waals surface area contributed by atoms with Crippen LogP contribution in [0.15, 0.2) is 30.3 Å². The summed E-state index contributed by atoms with van der Waals surface area (Å²) in [4.78, 5) is 0. The second-order valence-corrected chi connectivity index (χ2v) is 7.09. The van der Waals surface area contributed by atoms with Gasteiger partial charge >= 0.3 is 85.5 Å². The van der Waals surface area contributed by atoms with Crippen LogP contribution in [0.4, 0.5) is 0 Å². The third kappa shape index (κ3) is 3.61. The SMILES string of the molecule is CCC(C)[Te]Cc1ccccc1. The van der Waals surface area contributed by atoms with Crippen molar-refractivity contribution in [2.75, 3.05) is 0 Å². The van der Waals surface area contributed by atoms with Crippen LogP contribution in [0, 0.1) is 0 Å². The maximum atomic E-state index is 2.38. The van der Waals surface area contributed by atoms with Crippen molar-refractivity contribution in [3.05, 3.63) is 35.9 Å². The molecule has 0 saturated carbocycles. The molecule has 66 valence electrons. The third-order valence-corrected chi connectivity index (χ3v) is 5.95. The van der Waals surface area contributed by atoms with Gasteiger partial charge in [0.2, 0.25) is 0 Å². The van der Waals surface area contributed by atoms with E-state index < -0.39 is 0 Å². The van der Waals surface area contributed by atoms with Crippen molar-refractivity contribution < 1.29 is 0 Å². The molecule has 0 amide bonds. The Kier molecular flexibility index (Phi) is 4.73. The summed E-state index contributed by atoms with van der Waals surface area (Å²) in [5.41, 5.74) is 1.53. The minimum atomic E-state index is 0.213. The van der Waals surface area contributed by atoms with Gasteiger partial charge in [0.1, 0.15) is 0 Å². The van der Waals surface area contributed by atoms with Gasteiger partial charge in [-0.1, -0.05) is 0 Å². The second kappa shape index (κ2) is 5.62. The van der Waals surface area contributed by atoms with E-state index in [-0.39, 0.29) is 20.9 Å². The van der Waals surface area contributed by atoms with E-state index in [4.69, 9.17) is 0 Å². The van der Waals surface area contributed by atoms with Crippen LogP contribution in [0.1, 0.15) is 25.8 Å². The van der Waals surface area contributed by atoms with Crippen LogP contribution in [-0.4, -0.2) is 20.9 Å². The third-order valence-electron chi connectivity index (χ3n) is 1.95. The summed E-state index contributed by atoms with van der Waals surface area (Å²) in [6, 6.07) is 10.9. The normalized spacial score (nSPS) is 12.8.